The molecule has 1 aromatic heterocycles. The van der Waals surface area contributed by atoms with Gasteiger partial charge in [0.15, 0.2) is 5.96 Å². The molecular weight excluding hydrogens is 354 g/mol. The molecule has 0 aliphatic carbocycles. The number of aliphatic imine (C=N–C) groups is 1. The summed E-state index contributed by atoms with van der Waals surface area (Å²) in [5.74, 6) is 2.32. The predicted molar refractivity (Wildman–Crippen MR) is 115 cm³/mol. The van der Waals surface area contributed by atoms with Crippen molar-refractivity contribution in [2.45, 2.75) is 52.9 Å². The third kappa shape index (κ3) is 7.28. The van der Waals surface area contributed by atoms with E-state index in [-0.39, 0.29) is 12.2 Å². The molecule has 0 aromatic carbocycles. The molecule has 1 saturated heterocycles. The number of hydrogen-bond donors (Lipinski definition) is 2. The lowest BCUT2D eigenvalue weighted by Crippen LogP contribution is -2.41. The van der Waals surface area contributed by atoms with E-state index in [1.54, 1.807) is 7.05 Å². The van der Waals surface area contributed by atoms with Crippen LogP contribution >= 0.6 is 0 Å². The fourth-order valence-corrected chi connectivity index (χ4v) is 3.30. The predicted octanol–water partition coefficient (Wildman–Crippen LogP) is 2.42. The summed E-state index contributed by atoms with van der Waals surface area (Å²) in [6, 6.07) is 4.20. The number of pyridine rings is 1. The van der Waals surface area contributed by atoms with Crippen molar-refractivity contribution in [3.05, 3.63) is 23.9 Å². The van der Waals surface area contributed by atoms with E-state index in [1.165, 1.54) is 0 Å². The summed E-state index contributed by atoms with van der Waals surface area (Å²) in [7, 11) is 1.79. The van der Waals surface area contributed by atoms with Crippen molar-refractivity contribution < 1.29 is 9.47 Å². The quantitative estimate of drug-likeness (QED) is 0.498. The van der Waals surface area contributed by atoms with E-state index in [9.17, 15) is 0 Å². The standard InChI is InChI=1S/C21H37N5O2/c1-6-27-19(16(2)3)9-10-23-21(22-5)25-14-18-7-8-20(24-13-18)26-11-12-28-17(4)15-26/h7-8,13,16-17,19H,6,9-12,14-15H2,1-5H3,(H2,22,23,25). The topological polar surface area (TPSA) is 71.0 Å². The second kappa shape index (κ2) is 11.9. The van der Waals surface area contributed by atoms with Gasteiger partial charge in [-0.1, -0.05) is 19.9 Å². The van der Waals surface area contributed by atoms with Crippen LogP contribution in [-0.4, -0.2) is 63.0 Å². The van der Waals surface area contributed by atoms with Gasteiger partial charge in [-0.05, 0) is 37.8 Å². The van der Waals surface area contributed by atoms with Crippen molar-refractivity contribution in [1.29, 1.82) is 0 Å². The number of guanidine groups is 1. The highest BCUT2D eigenvalue weighted by Gasteiger charge is 2.17. The van der Waals surface area contributed by atoms with E-state index in [0.29, 0.717) is 12.5 Å². The molecule has 0 spiro atoms. The molecular formula is C21H37N5O2. The summed E-state index contributed by atoms with van der Waals surface area (Å²) < 4.78 is 11.4. The van der Waals surface area contributed by atoms with Crippen molar-refractivity contribution in [2.75, 3.05) is 44.8 Å². The molecule has 28 heavy (non-hydrogen) atoms. The van der Waals surface area contributed by atoms with Gasteiger partial charge < -0.3 is 25.0 Å². The minimum atomic E-state index is 0.254. The van der Waals surface area contributed by atoms with Gasteiger partial charge in [-0.2, -0.15) is 0 Å². The number of nitrogens with zero attached hydrogens (tertiary/aromatic N) is 3. The van der Waals surface area contributed by atoms with E-state index in [0.717, 1.165) is 56.6 Å². The largest absolute Gasteiger partial charge is 0.378 e. The Kier molecular flexibility index (Phi) is 9.50. The van der Waals surface area contributed by atoms with Crippen LogP contribution in [-0.2, 0) is 16.0 Å². The van der Waals surface area contributed by atoms with Gasteiger partial charge in [-0.3, -0.25) is 4.99 Å². The lowest BCUT2D eigenvalue weighted by molar-refractivity contribution is 0.0258. The van der Waals surface area contributed by atoms with E-state index in [4.69, 9.17) is 9.47 Å². The Balaban J connectivity index is 1.76. The Morgan fingerprint density at radius 3 is 2.82 bits per heavy atom. The molecule has 0 radical (unpaired) electrons. The van der Waals surface area contributed by atoms with Crippen LogP contribution in [0.1, 0.15) is 39.7 Å². The van der Waals surface area contributed by atoms with Crippen LogP contribution in [0.4, 0.5) is 5.82 Å². The number of nitrogens with one attached hydrogen (secondary N) is 2. The van der Waals surface area contributed by atoms with Gasteiger partial charge in [0.25, 0.3) is 0 Å². The zero-order valence-electron chi connectivity index (χ0n) is 18.1. The molecule has 1 aromatic rings. The first kappa shape index (κ1) is 22.4. The van der Waals surface area contributed by atoms with Gasteiger partial charge in [0.1, 0.15) is 5.82 Å². The highest BCUT2D eigenvalue weighted by atomic mass is 16.5. The summed E-state index contributed by atoms with van der Waals surface area (Å²) in [4.78, 5) is 11.2. The molecule has 2 unspecified atom stereocenters. The monoisotopic (exact) mass is 391 g/mol. The molecule has 1 fully saturated rings. The smallest absolute Gasteiger partial charge is 0.191 e. The Morgan fingerprint density at radius 1 is 1.39 bits per heavy atom. The molecule has 0 amide bonds. The maximum absolute atomic E-state index is 5.80. The van der Waals surface area contributed by atoms with E-state index in [2.05, 4.69) is 58.4 Å². The second-order valence-corrected chi connectivity index (χ2v) is 7.53. The molecule has 2 rings (SSSR count). The number of hydrogen-bond acceptors (Lipinski definition) is 5. The Morgan fingerprint density at radius 2 is 2.21 bits per heavy atom. The molecule has 0 bridgehead atoms. The molecule has 7 heteroatoms. The minimum Gasteiger partial charge on any atom is -0.378 e. The van der Waals surface area contributed by atoms with Gasteiger partial charge in [0.2, 0.25) is 0 Å². The molecule has 1 aliphatic rings. The molecule has 2 atom stereocenters. The molecule has 2 N–H and O–H groups in total. The third-order valence-electron chi connectivity index (χ3n) is 4.90. The van der Waals surface area contributed by atoms with Crippen LogP contribution in [0, 0.1) is 5.92 Å². The first-order chi connectivity index (χ1) is 13.5. The van der Waals surface area contributed by atoms with Gasteiger partial charge in [-0.15, -0.1) is 0 Å². The van der Waals surface area contributed by atoms with Crippen molar-refractivity contribution in [3.63, 3.8) is 0 Å². The van der Waals surface area contributed by atoms with E-state index in [1.807, 2.05) is 13.1 Å². The molecule has 158 valence electrons. The highest BCUT2D eigenvalue weighted by molar-refractivity contribution is 5.79. The van der Waals surface area contributed by atoms with Crippen molar-refractivity contribution in [1.82, 2.24) is 15.6 Å². The molecule has 1 aliphatic heterocycles. The van der Waals surface area contributed by atoms with Crippen LogP contribution in [0.3, 0.4) is 0 Å². The van der Waals surface area contributed by atoms with Gasteiger partial charge in [0.05, 0.1) is 18.8 Å². The Hall–Kier alpha value is -1.86. The van der Waals surface area contributed by atoms with E-state index < -0.39 is 0 Å². The summed E-state index contributed by atoms with van der Waals surface area (Å²) >= 11 is 0. The fourth-order valence-electron chi connectivity index (χ4n) is 3.30. The summed E-state index contributed by atoms with van der Waals surface area (Å²) in [6.07, 6.45) is 3.42. The van der Waals surface area contributed by atoms with Gasteiger partial charge >= 0.3 is 0 Å². The van der Waals surface area contributed by atoms with Crippen LogP contribution in [0.2, 0.25) is 0 Å². The Bertz CT molecular complexity index is 591. The van der Waals surface area contributed by atoms with Crippen LogP contribution in [0.15, 0.2) is 23.3 Å². The Labute approximate surface area is 169 Å². The minimum absolute atomic E-state index is 0.254. The number of anilines is 1. The SMILES string of the molecule is CCOC(CCNC(=NC)NCc1ccc(N2CCOC(C)C2)nc1)C(C)C. The second-order valence-electron chi connectivity index (χ2n) is 7.53. The normalized spacial score (nSPS) is 19.0. The van der Waals surface area contributed by atoms with Crippen LogP contribution < -0.4 is 15.5 Å². The summed E-state index contributed by atoms with van der Waals surface area (Å²) in [6.45, 7) is 13.3. The maximum atomic E-state index is 5.80. The lowest BCUT2D eigenvalue weighted by Gasteiger charge is -2.32. The average Bonchev–Trinajstić information content (AvgIpc) is 2.70. The number of morpholine rings is 1. The fraction of sp³-hybridized carbons (Fsp3) is 0.714. The maximum Gasteiger partial charge on any atom is 0.191 e. The molecule has 0 saturated carbocycles. The number of aromatic nitrogens is 1. The van der Waals surface area contributed by atoms with Crippen molar-refractivity contribution in [2.24, 2.45) is 10.9 Å². The highest BCUT2D eigenvalue weighted by Crippen LogP contribution is 2.15. The van der Waals surface area contributed by atoms with Crippen molar-refractivity contribution in [3.8, 4) is 0 Å². The average molecular weight is 392 g/mol. The van der Waals surface area contributed by atoms with E-state index >= 15 is 0 Å². The number of rotatable bonds is 9. The number of ether oxygens (including phenoxy) is 2. The van der Waals surface area contributed by atoms with Crippen LogP contribution in [0.25, 0.3) is 0 Å². The zero-order valence-corrected chi connectivity index (χ0v) is 18.1. The molecule has 7 nitrogen and oxygen atoms in total. The first-order valence-corrected chi connectivity index (χ1v) is 10.4. The van der Waals surface area contributed by atoms with Gasteiger partial charge in [-0.25, -0.2) is 4.98 Å². The van der Waals surface area contributed by atoms with Gasteiger partial charge in [0, 0.05) is 46.0 Å². The zero-order chi connectivity index (χ0) is 20.4. The third-order valence-corrected chi connectivity index (χ3v) is 4.90. The summed E-state index contributed by atoms with van der Waals surface area (Å²) in [5.41, 5.74) is 1.13. The summed E-state index contributed by atoms with van der Waals surface area (Å²) in [5, 5.41) is 6.72. The molecule has 2 heterocycles. The first-order valence-electron chi connectivity index (χ1n) is 10.4. The van der Waals surface area contributed by atoms with Crippen LogP contribution in [0.5, 0.6) is 0 Å². The lowest BCUT2D eigenvalue weighted by atomic mass is 10.0. The van der Waals surface area contributed by atoms with Crippen molar-refractivity contribution >= 4 is 11.8 Å².